The fourth-order valence-electron chi connectivity index (χ4n) is 3.64. The van der Waals surface area contributed by atoms with E-state index in [1.54, 1.807) is 25.7 Å². The number of rotatable bonds is 10. The van der Waals surface area contributed by atoms with Gasteiger partial charge < -0.3 is 25.4 Å². The SMILES string of the molecule is CCCCNC(=O)C(c1cc(C)ccc1C)N(C(=O)C(CO)NC(=O)OC(C)(C)C)C1CC1. The first-order chi connectivity index (χ1) is 15.5. The predicted molar refractivity (Wildman–Crippen MR) is 127 cm³/mol. The van der Waals surface area contributed by atoms with Gasteiger partial charge in [-0.25, -0.2) is 4.79 Å². The van der Waals surface area contributed by atoms with Crippen molar-refractivity contribution < 1.29 is 24.2 Å². The number of hydrogen-bond donors (Lipinski definition) is 3. The number of ether oxygens (including phenoxy) is 1. The van der Waals surface area contributed by atoms with Gasteiger partial charge in [0, 0.05) is 12.6 Å². The van der Waals surface area contributed by atoms with Gasteiger partial charge in [0.05, 0.1) is 6.61 Å². The molecule has 0 aliphatic heterocycles. The molecule has 2 atom stereocenters. The van der Waals surface area contributed by atoms with E-state index < -0.39 is 36.3 Å². The molecule has 0 aromatic heterocycles. The van der Waals surface area contributed by atoms with E-state index in [4.69, 9.17) is 4.74 Å². The zero-order valence-corrected chi connectivity index (χ0v) is 20.7. The second kappa shape index (κ2) is 11.5. The maximum Gasteiger partial charge on any atom is 0.408 e. The maximum atomic E-state index is 13.6. The normalized spacial score (nSPS) is 15.4. The summed E-state index contributed by atoms with van der Waals surface area (Å²) in [6, 6.07) is 3.64. The van der Waals surface area contributed by atoms with Gasteiger partial charge in [0.25, 0.3) is 0 Å². The van der Waals surface area contributed by atoms with Gasteiger partial charge in [0.15, 0.2) is 0 Å². The zero-order valence-electron chi connectivity index (χ0n) is 20.7. The molecule has 2 unspecified atom stereocenters. The highest BCUT2D eigenvalue weighted by molar-refractivity contribution is 5.92. The van der Waals surface area contributed by atoms with Crippen LogP contribution < -0.4 is 10.6 Å². The van der Waals surface area contributed by atoms with E-state index in [1.165, 1.54) is 0 Å². The lowest BCUT2D eigenvalue weighted by Gasteiger charge is -2.35. The van der Waals surface area contributed by atoms with Crippen LogP contribution in [0.2, 0.25) is 0 Å². The van der Waals surface area contributed by atoms with Gasteiger partial charge >= 0.3 is 6.09 Å². The Morgan fingerprint density at radius 2 is 1.88 bits per heavy atom. The summed E-state index contributed by atoms with van der Waals surface area (Å²) in [5.74, 6) is -0.756. The average molecular weight is 462 g/mol. The molecule has 0 bridgehead atoms. The van der Waals surface area contributed by atoms with E-state index in [2.05, 4.69) is 10.6 Å². The van der Waals surface area contributed by atoms with E-state index in [9.17, 15) is 19.5 Å². The lowest BCUT2D eigenvalue weighted by molar-refractivity contribution is -0.144. The third kappa shape index (κ3) is 7.74. The molecule has 2 rings (SSSR count). The molecule has 3 N–H and O–H groups in total. The third-order valence-corrected chi connectivity index (χ3v) is 5.45. The summed E-state index contributed by atoms with van der Waals surface area (Å²) in [4.78, 5) is 40.9. The fourth-order valence-corrected chi connectivity index (χ4v) is 3.64. The van der Waals surface area contributed by atoms with Gasteiger partial charge in [-0.3, -0.25) is 9.59 Å². The summed E-state index contributed by atoms with van der Waals surface area (Å²) in [6.45, 7) is 11.0. The first-order valence-electron chi connectivity index (χ1n) is 11.8. The van der Waals surface area contributed by atoms with Crippen LogP contribution in [0.25, 0.3) is 0 Å². The van der Waals surface area contributed by atoms with E-state index in [1.807, 2.05) is 39.0 Å². The van der Waals surface area contributed by atoms with Gasteiger partial charge in [-0.1, -0.05) is 37.1 Å². The van der Waals surface area contributed by atoms with Crippen LogP contribution in [-0.2, 0) is 14.3 Å². The molecular formula is C25H39N3O5. The minimum absolute atomic E-state index is 0.131. The monoisotopic (exact) mass is 461 g/mol. The summed E-state index contributed by atoms with van der Waals surface area (Å²) < 4.78 is 5.26. The molecule has 0 radical (unpaired) electrons. The molecule has 1 aromatic rings. The lowest BCUT2D eigenvalue weighted by atomic mass is 9.96. The van der Waals surface area contributed by atoms with Crippen LogP contribution in [0.1, 0.15) is 76.1 Å². The standard InChI is InChI=1S/C25H39N3O5/c1-7-8-13-26-22(30)21(19-14-16(2)9-10-17(19)3)28(18-11-12-18)23(31)20(15-29)27-24(32)33-25(4,5)6/h9-10,14,18,20-21,29H,7-8,11-13,15H2,1-6H3,(H,26,30)(H,27,32). The highest BCUT2D eigenvalue weighted by Crippen LogP contribution is 2.36. The van der Waals surface area contributed by atoms with Gasteiger partial charge in [0.2, 0.25) is 11.8 Å². The molecule has 1 saturated carbocycles. The first kappa shape index (κ1) is 26.6. The Kier molecular flexibility index (Phi) is 9.28. The van der Waals surface area contributed by atoms with Crippen molar-refractivity contribution in [2.45, 2.75) is 91.0 Å². The van der Waals surface area contributed by atoms with E-state index in [-0.39, 0.29) is 11.9 Å². The van der Waals surface area contributed by atoms with E-state index >= 15 is 0 Å². The second-order valence-electron chi connectivity index (χ2n) is 9.77. The van der Waals surface area contributed by atoms with Gasteiger partial charge in [-0.05, 0) is 65.0 Å². The quantitative estimate of drug-likeness (QED) is 0.464. The molecule has 1 fully saturated rings. The molecule has 0 spiro atoms. The van der Waals surface area contributed by atoms with Gasteiger partial charge in [-0.2, -0.15) is 0 Å². The molecule has 8 nitrogen and oxygen atoms in total. The van der Waals surface area contributed by atoms with Crippen LogP contribution in [0, 0.1) is 13.8 Å². The Morgan fingerprint density at radius 3 is 2.42 bits per heavy atom. The smallest absolute Gasteiger partial charge is 0.408 e. The molecular weight excluding hydrogens is 422 g/mol. The minimum Gasteiger partial charge on any atom is -0.444 e. The third-order valence-electron chi connectivity index (χ3n) is 5.45. The highest BCUT2D eigenvalue weighted by Gasteiger charge is 2.44. The number of nitrogens with one attached hydrogen (secondary N) is 2. The number of aryl methyl sites for hydroxylation is 2. The second-order valence-corrected chi connectivity index (χ2v) is 9.77. The summed E-state index contributed by atoms with van der Waals surface area (Å²) >= 11 is 0. The first-order valence-corrected chi connectivity index (χ1v) is 11.8. The molecule has 3 amide bonds. The van der Waals surface area contributed by atoms with Crippen molar-refractivity contribution in [1.82, 2.24) is 15.5 Å². The number of carbonyl (C=O) groups is 3. The van der Waals surface area contributed by atoms with Crippen molar-refractivity contribution in [2.24, 2.45) is 0 Å². The van der Waals surface area contributed by atoms with Crippen LogP contribution in [-0.4, -0.2) is 58.8 Å². The van der Waals surface area contributed by atoms with E-state index in [0.29, 0.717) is 6.54 Å². The molecule has 1 aliphatic carbocycles. The highest BCUT2D eigenvalue weighted by atomic mass is 16.6. The zero-order chi connectivity index (χ0) is 24.8. The van der Waals surface area contributed by atoms with Crippen molar-refractivity contribution in [3.63, 3.8) is 0 Å². The number of alkyl carbamates (subject to hydrolysis) is 1. The van der Waals surface area contributed by atoms with Crippen LogP contribution in [0.3, 0.4) is 0 Å². The fraction of sp³-hybridized carbons (Fsp3) is 0.640. The average Bonchev–Trinajstić information content (AvgIpc) is 3.55. The number of aliphatic hydroxyl groups excluding tert-OH is 1. The van der Waals surface area contributed by atoms with Crippen LogP contribution in [0.4, 0.5) is 4.79 Å². The number of unbranched alkanes of at least 4 members (excludes halogenated alkanes) is 1. The molecule has 0 heterocycles. The van der Waals surface area contributed by atoms with Crippen molar-refractivity contribution >= 4 is 17.9 Å². The molecule has 1 aliphatic rings. The Balaban J connectivity index is 2.39. The van der Waals surface area contributed by atoms with Crippen molar-refractivity contribution in [1.29, 1.82) is 0 Å². The number of nitrogens with zero attached hydrogens (tertiary/aromatic N) is 1. The molecule has 184 valence electrons. The Morgan fingerprint density at radius 1 is 1.21 bits per heavy atom. The molecule has 1 aromatic carbocycles. The largest absolute Gasteiger partial charge is 0.444 e. The number of hydrogen-bond acceptors (Lipinski definition) is 5. The maximum absolute atomic E-state index is 13.6. The van der Waals surface area contributed by atoms with Gasteiger partial charge in [-0.15, -0.1) is 0 Å². The van der Waals surface area contributed by atoms with Crippen molar-refractivity contribution in [3.8, 4) is 0 Å². The number of aliphatic hydroxyl groups is 1. The van der Waals surface area contributed by atoms with Crippen LogP contribution >= 0.6 is 0 Å². The number of benzene rings is 1. The van der Waals surface area contributed by atoms with Crippen molar-refractivity contribution in [3.05, 3.63) is 34.9 Å². The Bertz CT molecular complexity index is 845. The summed E-state index contributed by atoms with van der Waals surface area (Å²) in [7, 11) is 0. The van der Waals surface area contributed by atoms with E-state index in [0.717, 1.165) is 42.4 Å². The van der Waals surface area contributed by atoms with Gasteiger partial charge in [0.1, 0.15) is 17.7 Å². The van der Waals surface area contributed by atoms with Crippen molar-refractivity contribution in [2.75, 3.05) is 13.2 Å². The molecule has 33 heavy (non-hydrogen) atoms. The minimum atomic E-state index is -1.21. The number of carbonyl (C=O) groups excluding carboxylic acids is 3. The topological polar surface area (TPSA) is 108 Å². The predicted octanol–water partition coefficient (Wildman–Crippen LogP) is 3.14. The summed E-state index contributed by atoms with van der Waals surface area (Å²) in [6.07, 6.45) is 2.51. The molecule has 8 heteroatoms. The van der Waals surface area contributed by atoms with Crippen LogP contribution in [0.15, 0.2) is 18.2 Å². The summed E-state index contributed by atoms with van der Waals surface area (Å²) in [5, 5.41) is 15.4. The molecule has 0 saturated heterocycles. The summed E-state index contributed by atoms with van der Waals surface area (Å²) in [5.41, 5.74) is 1.88. The Labute approximate surface area is 197 Å². The lowest BCUT2D eigenvalue weighted by Crippen LogP contribution is -2.55. The number of amides is 3. The Hall–Kier alpha value is -2.61. The van der Waals surface area contributed by atoms with Crippen LogP contribution in [0.5, 0.6) is 0 Å².